The normalized spacial score (nSPS) is 25.7. The van der Waals surface area contributed by atoms with Gasteiger partial charge in [-0.3, -0.25) is 4.79 Å². The molecule has 1 aliphatic carbocycles. The number of carbonyl (C=O) groups is 1. The highest BCUT2D eigenvalue weighted by Gasteiger charge is 2.53. The van der Waals surface area contributed by atoms with Gasteiger partial charge in [-0.15, -0.1) is 0 Å². The number of methoxy groups -OCH3 is 1. The topological polar surface area (TPSA) is 42.0 Å². The van der Waals surface area contributed by atoms with Gasteiger partial charge in [-0.2, -0.15) is 0 Å². The van der Waals surface area contributed by atoms with Crippen LogP contribution in [0.1, 0.15) is 44.1 Å². The van der Waals surface area contributed by atoms with E-state index in [1.807, 2.05) is 12.1 Å². The van der Waals surface area contributed by atoms with Crippen LogP contribution in [0.2, 0.25) is 0 Å². The number of rotatable bonds is 5. The quantitative estimate of drug-likeness (QED) is 0.797. The molecule has 2 heterocycles. The lowest BCUT2D eigenvalue weighted by atomic mass is 9.94. The van der Waals surface area contributed by atoms with E-state index in [1.165, 1.54) is 32.4 Å². The first-order valence-corrected chi connectivity index (χ1v) is 10.5. The van der Waals surface area contributed by atoms with Crippen molar-refractivity contribution in [2.24, 2.45) is 0 Å². The second kappa shape index (κ2) is 8.19. The maximum absolute atomic E-state index is 13.5. The Balaban J connectivity index is 1.43. The molecule has 0 spiro atoms. The van der Waals surface area contributed by atoms with E-state index in [0.717, 1.165) is 56.8 Å². The third-order valence-corrected chi connectivity index (χ3v) is 6.35. The molecule has 0 radical (unpaired) electrons. The lowest BCUT2D eigenvalue weighted by Crippen LogP contribution is -2.46. The predicted molar refractivity (Wildman–Crippen MR) is 105 cm³/mol. The van der Waals surface area contributed by atoms with Crippen molar-refractivity contribution in [3.63, 3.8) is 0 Å². The van der Waals surface area contributed by atoms with E-state index < -0.39 is 0 Å². The van der Waals surface area contributed by atoms with Gasteiger partial charge < -0.3 is 19.3 Å². The maximum Gasteiger partial charge on any atom is 0.233 e. The largest absolute Gasteiger partial charge is 0.497 e. The molecule has 3 fully saturated rings. The number of likely N-dealkylation sites (tertiary alicyclic amines) is 1. The molecule has 2 aliphatic heterocycles. The summed E-state index contributed by atoms with van der Waals surface area (Å²) in [5, 5.41) is 0. The van der Waals surface area contributed by atoms with Crippen molar-refractivity contribution >= 4 is 5.91 Å². The number of ether oxygens (including phenoxy) is 2. The van der Waals surface area contributed by atoms with E-state index in [9.17, 15) is 4.79 Å². The van der Waals surface area contributed by atoms with Crippen molar-refractivity contribution in [1.29, 1.82) is 0 Å². The monoisotopic (exact) mass is 372 g/mol. The van der Waals surface area contributed by atoms with E-state index >= 15 is 0 Å². The predicted octanol–water partition coefficient (Wildman–Crippen LogP) is 2.83. The second-order valence-electron chi connectivity index (χ2n) is 8.27. The first-order chi connectivity index (χ1) is 13.2. The van der Waals surface area contributed by atoms with Crippen LogP contribution in [0.25, 0.3) is 0 Å². The third-order valence-electron chi connectivity index (χ3n) is 6.35. The van der Waals surface area contributed by atoms with Gasteiger partial charge in [0.25, 0.3) is 0 Å². The Morgan fingerprint density at radius 2 is 1.85 bits per heavy atom. The minimum atomic E-state index is -0.313. The van der Waals surface area contributed by atoms with Gasteiger partial charge >= 0.3 is 0 Å². The van der Waals surface area contributed by atoms with Gasteiger partial charge in [0.05, 0.1) is 18.6 Å². The molecule has 1 atom stereocenters. The summed E-state index contributed by atoms with van der Waals surface area (Å²) in [5.74, 6) is 1.13. The summed E-state index contributed by atoms with van der Waals surface area (Å²) in [6, 6.07) is 8.05. The third kappa shape index (κ3) is 4.14. The molecular weight excluding hydrogens is 340 g/mol. The van der Waals surface area contributed by atoms with Crippen LogP contribution >= 0.6 is 0 Å². The number of carbonyl (C=O) groups excluding carboxylic acids is 1. The van der Waals surface area contributed by atoms with E-state index in [1.54, 1.807) is 7.11 Å². The maximum atomic E-state index is 13.5. The number of benzene rings is 1. The molecule has 2 saturated heterocycles. The first kappa shape index (κ1) is 18.8. The fraction of sp³-hybridized carbons (Fsp3) is 0.682. The zero-order valence-electron chi connectivity index (χ0n) is 16.5. The van der Waals surface area contributed by atoms with Crippen LogP contribution in [0.15, 0.2) is 24.3 Å². The van der Waals surface area contributed by atoms with Crippen molar-refractivity contribution in [2.75, 3.05) is 46.4 Å². The Bertz CT molecular complexity index is 635. The fourth-order valence-corrected chi connectivity index (χ4v) is 4.58. The minimum absolute atomic E-state index is 0.140. The van der Waals surface area contributed by atoms with Gasteiger partial charge in [-0.25, -0.2) is 0 Å². The Hall–Kier alpha value is -1.59. The zero-order valence-corrected chi connectivity index (χ0v) is 16.5. The summed E-state index contributed by atoms with van der Waals surface area (Å²) < 4.78 is 11.4. The molecule has 0 bridgehead atoms. The molecular formula is C22H32N2O3. The fourth-order valence-electron chi connectivity index (χ4n) is 4.58. The van der Waals surface area contributed by atoms with Crippen LogP contribution in [0.3, 0.4) is 0 Å². The van der Waals surface area contributed by atoms with Crippen LogP contribution in [0.4, 0.5) is 0 Å². The summed E-state index contributed by atoms with van der Waals surface area (Å²) in [6.07, 6.45) is 6.89. The van der Waals surface area contributed by atoms with Crippen molar-refractivity contribution in [1.82, 2.24) is 9.80 Å². The standard InChI is InChI=1S/C22H32N2O3/c1-26-19-8-6-18(7-9-19)22(10-11-22)21(25)24-14-5-15-27-20(17-24)16-23-12-3-2-4-13-23/h6-9,20H,2-5,10-17H2,1H3. The summed E-state index contributed by atoms with van der Waals surface area (Å²) in [7, 11) is 1.67. The number of amides is 1. The van der Waals surface area contributed by atoms with Crippen molar-refractivity contribution in [3.05, 3.63) is 29.8 Å². The Morgan fingerprint density at radius 1 is 1.11 bits per heavy atom. The SMILES string of the molecule is COc1ccc(C2(C(=O)N3CCCOC(CN4CCCCC4)C3)CC2)cc1. The van der Waals surface area contributed by atoms with Gasteiger partial charge in [0.2, 0.25) is 5.91 Å². The molecule has 148 valence electrons. The molecule has 5 nitrogen and oxygen atoms in total. The van der Waals surface area contributed by atoms with E-state index in [0.29, 0.717) is 5.91 Å². The number of hydrogen-bond acceptors (Lipinski definition) is 4. The van der Waals surface area contributed by atoms with Crippen LogP contribution in [-0.4, -0.2) is 68.3 Å². The van der Waals surface area contributed by atoms with Gasteiger partial charge in [-0.05, 0) is 62.9 Å². The molecule has 1 aromatic carbocycles. The second-order valence-corrected chi connectivity index (χ2v) is 8.27. The van der Waals surface area contributed by atoms with Crippen LogP contribution in [-0.2, 0) is 14.9 Å². The molecule has 4 rings (SSSR count). The summed E-state index contributed by atoms with van der Waals surface area (Å²) >= 11 is 0. The van der Waals surface area contributed by atoms with Crippen molar-refractivity contribution in [2.45, 2.75) is 50.0 Å². The highest BCUT2D eigenvalue weighted by atomic mass is 16.5. The molecule has 27 heavy (non-hydrogen) atoms. The van der Waals surface area contributed by atoms with E-state index in [2.05, 4.69) is 21.9 Å². The number of piperidine rings is 1. The van der Waals surface area contributed by atoms with Crippen LogP contribution in [0, 0.1) is 0 Å². The Kier molecular flexibility index (Phi) is 5.69. The van der Waals surface area contributed by atoms with Crippen molar-refractivity contribution in [3.8, 4) is 5.75 Å². The Morgan fingerprint density at radius 3 is 2.52 bits per heavy atom. The summed E-state index contributed by atoms with van der Waals surface area (Å²) in [6.45, 7) is 5.60. The molecule has 0 aromatic heterocycles. The molecule has 1 aromatic rings. The number of nitrogens with zero attached hydrogens (tertiary/aromatic N) is 2. The Labute approximate surface area is 162 Å². The van der Waals surface area contributed by atoms with Crippen LogP contribution < -0.4 is 4.74 Å². The first-order valence-electron chi connectivity index (χ1n) is 10.5. The van der Waals surface area contributed by atoms with Crippen molar-refractivity contribution < 1.29 is 14.3 Å². The molecule has 3 aliphatic rings. The highest BCUT2D eigenvalue weighted by molar-refractivity contribution is 5.91. The van der Waals surface area contributed by atoms with Gasteiger partial charge in [-0.1, -0.05) is 18.6 Å². The molecule has 0 N–H and O–H groups in total. The lowest BCUT2D eigenvalue weighted by molar-refractivity contribution is -0.135. The van der Waals surface area contributed by atoms with Crippen LogP contribution in [0.5, 0.6) is 5.75 Å². The number of hydrogen-bond donors (Lipinski definition) is 0. The molecule has 1 unspecified atom stereocenters. The molecule has 5 heteroatoms. The van der Waals surface area contributed by atoms with Gasteiger partial charge in [0, 0.05) is 26.2 Å². The molecule has 1 amide bonds. The molecule has 1 saturated carbocycles. The van der Waals surface area contributed by atoms with E-state index in [-0.39, 0.29) is 11.5 Å². The van der Waals surface area contributed by atoms with Gasteiger partial charge in [0.1, 0.15) is 5.75 Å². The highest BCUT2D eigenvalue weighted by Crippen LogP contribution is 2.50. The van der Waals surface area contributed by atoms with Gasteiger partial charge in [0.15, 0.2) is 0 Å². The average molecular weight is 373 g/mol. The zero-order chi connectivity index (χ0) is 18.7. The minimum Gasteiger partial charge on any atom is -0.497 e. The smallest absolute Gasteiger partial charge is 0.233 e. The summed E-state index contributed by atoms with van der Waals surface area (Å²) in [5.41, 5.74) is 0.817. The van der Waals surface area contributed by atoms with E-state index in [4.69, 9.17) is 9.47 Å². The average Bonchev–Trinajstić information content (AvgIpc) is 3.54. The lowest BCUT2D eigenvalue weighted by Gasteiger charge is -2.32. The summed E-state index contributed by atoms with van der Waals surface area (Å²) in [4.78, 5) is 18.0.